The van der Waals surface area contributed by atoms with E-state index in [1.54, 1.807) is 4.90 Å². The van der Waals surface area contributed by atoms with E-state index in [2.05, 4.69) is 6.07 Å². The fourth-order valence-electron chi connectivity index (χ4n) is 2.86. The Hall–Kier alpha value is -1.71. The van der Waals surface area contributed by atoms with Crippen LogP contribution >= 0.6 is 0 Å². The van der Waals surface area contributed by atoms with Crippen LogP contribution in [-0.4, -0.2) is 28.2 Å². The molecule has 90 valence electrons. The van der Waals surface area contributed by atoms with E-state index in [-0.39, 0.29) is 5.54 Å². The second-order valence-corrected chi connectivity index (χ2v) is 5.11. The summed E-state index contributed by atoms with van der Waals surface area (Å²) in [5.41, 5.74) is 8.90. The molecule has 0 bridgehead atoms. The molecule has 1 heterocycles. The van der Waals surface area contributed by atoms with E-state index in [4.69, 9.17) is 5.73 Å². The van der Waals surface area contributed by atoms with Gasteiger partial charge in [-0.25, -0.2) is 4.79 Å². The molecule has 1 aromatic rings. The topological polar surface area (TPSA) is 66.6 Å². The first-order chi connectivity index (χ1) is 8.11. The molecule has 2 aliphatic rings. The van der Waals surface area contributed by atoms with E-state index >= 15 is 0 Å². The van der Waals surface area contributed by atoms with Gasteiger partial charge in [-0.1, -0.05) is 6.07 Å². The maximum Gasteiger partial charge on any atom is 0.407 e. The van der Waals surface area contributed by atoms with Gasteiger partial charge in [0.2, 0.25) is 0 Å². The van der Waals surface area contributed by atoms with E-state index in [0.29, 0.717) is 6.54 Å². The van der Waals surface area contributed by atoms with Crippen LogP contribution in [0.15, 0.2) is 18.2 Å². The summed E-state index contributed by atoms with van der Waals surface area (Å²) in [6, 6.07) is 5.94. The number of nitrogens with zero attached hydrogens (tertiary/aromatic N) is 1. The van der Waals surface area contributed by atoms with Crippen LogP contribution in [0, 0.1) is 0 Å². The van der Waals surface area contributed by atoms with Crippen molar-refractivity contribution in [3.63, 3.8) is 0 Å². The van der Waals surface area contributed by atoms with Crippen molar-refractivity contribution >= 4 is 11.8 Å². The van der Waals surface area contributed by atoms with Gasteiger partial charge in [-0.15, -0.1) is 0 Å². The monoisotopic (exact) mass is 232 g/mol. The van der Waals surface area contributed by atoms with Crippen LogP contribution in [0.5, 0.6) is 0 Å². The molecule has 4 nitrogen and oxygen atoms in total. The number of rotatable bonds is 0. The molecule has 0 unspecified atom stereocenters. The Labute approximate surface area is 100 Å². The van der Waals surface area contributed by atoms with E-state index in [1.165, 1.54) is 11.1 Å². The van der Waals surface area contributed by atoms with Crippen LogP contribution in [0.1, 0.15) is 24.0 Å². The summed E-state index contributed by atoms with van der Waals surface area (Å²) in [5.74, 6) is 0. The molecule has 1 fully saturated rings. The van der Waals surface area contributed by atoms with Crippen molar-refractivity contribution in [2.45, 2.75) is 31.2 Å². The van der Waals surface area contributed by atoms with Gasteiger partial charge in [-0.05, 0) is 48.9 Å². The van der Waals surface area contributed by atoms with Crippen LogP contribution in [0.2, 0.25) is 0 Å². The second-order valence-electron chi connectivity index (χ2n) is 5.11. The number of nitrogen functional groups attached to an aromatic ring is 1. The molecule has 1 aliphatic carbocycles. The minimum atomic E-state index is -0.789. The minimum Gasteiger partial charge on any atom is -0.465 e. The molecule has 0 radical (unpaired) electrons. The number of carboxylic acid groups (broad SMARTS) is 1. The first-order valence-electron chi connectivity index (χ1n) is 5.99. The highest BCUT2D eigenvalue weighted by Crippen LogP contribution is 2.46. The molecule has 0 saturated heterocycles. The molecular formula is C13H16N2O2. The summed E-state index contributed by atoms with van der Waals surface area (Å²) >= 11 is 0. The van der Waals surface area contributed by atoms with Gasteiger partial charge in [0, 0.05) is 12.2 Å². The fourth-order valence-corrected chi connectivity index (χ4v) is 2.86. The van der Waals surface area contributed by atoms with Crippen molar-refractivity contribution in [3.05, 3.63) is 29.3 Å². The number of fused-ring (bicyclic) bond motifs is 1. The molecular weight excluding hydrogens is 216 g/mol. The van der Waals surface area contributed by atoms with Crippen molar-refractivity contribution in [2.24, 2.45) is 0 Å². The molecule has 0 aromatic heterocycles. The zero-order chi connectivity index (χ0) is 12.0. The predicted octanol–water partition coefficient (Wildman–Crippen LogP) is 1.88. The predicted molar refractivity (Wildman–Crippen MR) is 65.0 cm³/mol. The van der Waals surface area contributed by atoms with Crippen molar-refractivity contribution < 1.29 is 9.90 Å². The lowest BCUT2D eigenvalue weighted by Gasteiger charge is -2.27. The summed E-state index contributed by atoms with van der Waals surface area (Å²) in [6.45, 7) is 0.589. The Balaban J connectivity index is 1.98. The molecule has 3 rings (SSSR count). The highest BCUT2D eigenvalue weighted by molar-refractivity contribution is 5.67. The minimum absolute atomic E-state index is 0.118. The molecule has 0 atom stereocenters. The quantitative estimate of drug-likeness (QED) is 0.671. The van der Waals surface area contributed by atoms with Crippen LogP contribution in [0.4, 0.5) is 10.5 Å². The summed E-state index contributed by atoms with van der Waals surface area (Å²) in [4.78, 5) is 12.9. The molecule has 1 spiro atoms. The number of carbonyl (C=O) groups is 1. The van der Waals surface area contributed by atoms with Crippen LogP contribution in [0.3, 0.4) is 0 Å². The van der Waals surface area contributed by atoms with Crippen LogP contribution in [0.25, 0.3) is 0 Å². The average Bonchev–Trinajstić information content (AvgIpc) is 3.04. The van der Waals surface area contributed by atoms with Crippen LogP contribution < -0.4 is 5.73 Å². The van der Waals surface area contributed by atoms with E-state index in [0.717, 1.165) is 31.4 Å². The Kier molecular flexibility index (Phi) is 2.08. The summed E-state index contributed by atoms with van der Waals surface area (Å²) in [5, 5.41) is 9.27. The number of benzene rings is 1. The smallest absolute Gasteiger partial charge is 0.407 e. The van der Waals surface area contributed by atoms with Gasteiger partial charge in [-0.2, -0.15) is 0 Å². The first kappa shape index (κ1) is 10.4. The van der Waals surface area contributed by atoms with Gasteiger partial charge in [0.25, 0.3) is 0 Å². The zero-order valence-electron chi connectivity index (χ0n) is 9.65. The van der Waals surface area contributed by atoms with Gasteiger partial charge in [0.05, 0.1) is 5.54 Å². The van der Waals surface area contributed by atoms with Crippen molar-refractivity contribution in [3.8, 4) is 0 Å². The Morgan fingerprint density at radius 1 is 1.35 bits per heavy atom. The molecule has 1 aromatic carbocycles. The number of nitrogens with two attached hydrogens (primary N) is 1. The lowest BCUT2D eigenvalue weighted by Crippen LogP contribution is -2.42. The number of anilines is 1. The largest absolute Gasteiger partial charge is 0.465 e. The number of amides is 1. The van der Waals surface area contributed by atoms with Crippen LogP contribution in [-0.2, 0) is 12.8 Å². The highest BCUT2D eigenvalue weighted by Gasteiger charge is 2.51. The van der Waals surface area contributed by atoms with E-state index < -0.39 is 6.09 Å². The lowest BCUT2D eigenvalue weighted by molar-refractivity contribution is 0.119. The van der Waals surface area contributed by atoms with Crippen molar-refractivity contribution in [2.75, 3.05) is 12.3 Å². The lowest BCUT2D eigenvalue weighted by atomic mass is 9.98. The number of hydrogen-bond acceptors (Lipinski definition) is 2. The third kappa shape index (κ3) is 1.64. The summed E-state index contributed by atoms with van der Waals surface area (Å²) < 4.78 is 0. The molecule has 1 saturated carbocycles. The highest BCUT2D eigenvalue weighted by atomic mass is 16.4. The van der Waals surface area contributed by atoms with E-state index in [9.17, 15) is 9.90 Å². The Morgan fingerprint density at radius 2 is 2.12 bits per heavy atom. The average molecular weight is 232 g/mol. The van der Waals surface area contributed by atoms with Gasteiger partial charge in [-0.3, -0.25) is 0 Å². The molecule has 1 amide bonds. The molecule has 3 N–H and O–H groups in total. The maximum atomic E-state index is 11.3. The maximum absolute atomic E-state index is 11.3. The van der Waals surface area contributed by atoms with Gasteiger partial charge >= 0.3 is 6.09 Å². The van der Waals surface area contributed by atoms with Crippen molar-refractivity contribution in [1.29, 1.82) is 0 Å². The normalized spacial score (nSPS) is 20.8. The van der Waals surface area contributed by atoms with Gasteiger partial charge in [0.15, 0.2) is 0 Å². The zero-order valence-corrected chi connectivity index (χ0v) is 9.65. The standard InChI is InChI=1S/C13H16N2O2/c14-11-2-1-10-8-13(4-5-13)15(12(16)17)6-3-9(10)7-11/h1-2,7H,3-6,8,14H2,(H,16,17). The first-order valence-corrected chi connectivity index (χ1v) is 5.99. The second kappa shape index (κ2) is 3.39. The third-order valence-electron chi connectivity index (χ3n) is 3.99. The molecule has 4 heteroatoms. The van der Waals surface area contributed by atoms with E-state index in [1.807, 2.05) is 12.1 Å². The Bertz CT molecular complexity index is 480. The van der Waals surface area contributed by atoms with Gasteiger partial charge < -0.3 is 15.7 Å². The molecule has 17 heavy (non-hydrogen) atoms. The fraction of sp³-hybridized carbons (Fsp3) is 0.462. The SMILES string of the molecule is Nc1ccc2c(c1)CCN(C(=O)O)C1(CC1)C2. The molecule has 1 aliphatic heterocycles. The summed E-state index contributed by atoms with van der Waals surface area (Å²) in [7, 11) is 0. The Morgan fingerprint density at radius 3 is 2.76 bits per heavy atom. The summed E-state index contributed by atoms with van der Waals surface area (Å²) in [6.07, 6.45) is 2.80. The van der Waals surface area contributed by atoms with Crippen molar-refractivity contribution in [1.82, 2.24) is 4.90 Å². The third-order valence-corrected chi connectivity index (χ3v) is 3.99. The van der Waals surface area contributed by atoms with Gasteiger partial charge in [0.1, 0.15) is 0 Å². The number of hydrogen-bond donors (Lipinski definition) is 2.